The molecule has 1 aromatic carbocycles. The van der Waals surface area contributed by atoms with E-state index in [-0.39, 0.29) is 24.0 Å². The quantitative estimate of drug-likeness (QED) is 0.642. The maximum absolute atomic E-state index is 13.4. The first-order chi connectivity index (χ1) is 15.4. The average Bonchev–Trinajstić information content (AvgIpc) is 2.76. The molecule has 2 aliphatic rings. The maximum Gasteiger partial charge on any atom is 0.326 e. The van der Waals surface area contributed by atoms with E-state index in [9.17, 15) is 9.59 Å². The fourth-order valence-corrected chi connectivity index (χ4v) is 4.39. The van der Waals surface area contributed by atoms with Crippen LogP contribution in [0.1, 0.15) is 38.2 Å². The zero-order valence-corrected chi connectivity index (χ0v) is 19.4. The van der Waals surface area contributed by atoms with Crippen LogP contribution in [0.2, 0.25) is 0 Å². The number of nitrogens with one attached hydrogen (secondary N) is 2. The van der Waals surface area contributed by atoms with E-state index in [1.807, 2.05) is 73.3 Å². The van der Waals surface area contributed by atoms with Crippen LogP contribution in [-0.4, -0.2) is 71.7 Å². The first-order valence-electron chi connectivity index (χ1n) is 11.4. The van der Waals surface area contributed by atoms with Gasteiger partial charge in [-0.05, 0) is 52.3 Å². The predicted molar refractivity (Wildman–Crippen MR) is 127 cm³/mol. The van der Waals surface area contributed by atoms with Gasteiger partial charge < -0.3 is 15.1 Å². The third-order valence-corrected chi connectivity index (χ3v) is 6.05. The van der Waals surface area contributed by atoms with Crippen LogP contribution in [0.15, 0.2) is 54.1 Å². The third-order valence-electron chi connectivity index (χ3n) is 6.05. The Labute approximate surface area is 191 Å². The summed E-state index contributed by atoms with van der Waals surface area (Å²) < 4.78 is 0. The van der Waals surface area contributed by atoms with Gasteiger partial charge in [0.2, 0.25) is 5.91 Å². The Kier molecular flexibility index (Phi) is 8.22. The SMILES string of the molecule is C/C=C1/CN(Cc2ccccc2)C(=O)N(C2CCCC(NC(=O)/C=C/CN(C)C)C2)C1=N. The van der Waals surface area contributed by atoms with Crippen molar-refractivity contribution in [1.29, 1.82) is 5.41 Å². The number of hydrogen-bond donors (Lipinski definition) is 2. The van der Waals surface area contributed by atoms with Crippen molar-refractivity contribution < 1.29 is 9.59 Å². The van der Waals surface area contributed by atoms with Gasteiger partial charge in [-0.15, -0.1) is 0 Å². The van der Waals surface area contributed by atoms with E-state index in [1.165, 1.54) is 0 Å². The van der Waals surface area contributed by atoms with Crippen LogP contribution in [-0.2, 0) is 11.3 Å². The molecule has 1 aliphatic heterocycles. The van der Waals surface area contributed by atoms with Gasteiger partial charge in [-0.1, -0.05) is 42.5 Å². The topological polar surface area (TPSA) is 79.7 Å². The van der Waals surface area contributed by atoms with Gasteiger partial charge in [-0.25, -0.2) is 4.79 Å². The van der Waals surface area contributed by atoms with Crippen molar-refractivity contribution in [3.63, 3.8) is 0 Å². The summed E-state index contributed by atoms with van der Waals surface area (Å²) in [7, 11) is 3.91. The molecule has 0 bridgehead atoms. The van der Waals surface area contributed by atoms with Crippen LogP contribution in [0.3, 0.4) is 0 Å². The highest BCUT2D eigenvalue weighted by atomic mass is 16.2. The van der Waals surface area contributed by atoms with E-state index in [0.29, 0.717) is 31.9 Å². The minimum Gasteiger partial charge on any atom is -0.350 e. The zero-order chi connectivity index (χ0) is 23.1. The second-order valence-corrected chi connectivity index (χ2v) is 8.85. The number of benzene rings is 1. The van der Waals surface area contributed by atoms with E-state index in [0.717, 1.165) is 30.4 Å². The number of hydrogen-bond acceptors (Lipinski definition) is 4. The van der Waals surface area contributed by atoms with Gasteiger partial charge >= 0.3 is 6.03 Å². The van der Waals surface area contributed by atoms with Crippen LogP contribution in [0, 0.1) is 5.41 Å². The lowest BCUT2D eigenvalue weighted by Crippen LogP contribution is -2.58. The predicted octanol–water partition coefficient (Wildman–Crippen LogP) is 3.39. The first kappa shape index (κ1) is 23.7. The largest absolute Gasteiger partial charge is 0.350 e. The number of rotatable bonds is 7. The number of amidine groups is 1. The number of urea groups is 1. The number of carbonyl (C=O) groups is 2. The Bertz CT molecular complexity index is 878. The van der Waals surface area contributed by atoms with Crippen LogP contribution >= 0.6 is 0 Å². The molecule has 2 unspecified atom stereocenters. The summed E-state index contributed by atoms with van der Waals surface area (Å²) in [5.41, 5.74) is 1.93. The summed E-state index contributed by atoms with van der Waals surface area (Å²) in [5.74, 6) is 0.196. The zero-order valence-electron chi connectivity index (χ0n) is 19.4. The molecule has 32 heavy (non-hydrogen) atoms. The molecule has 2 atom stereocenters. The van der Waals surface area contributed by atoms with Gasteiger partial charge in [0.25, 0.3) is 0 Å². The molecule has 1 aromatic rings. The molecule has 172 valence electrons. The minimum absolute atomic E-state index is 0.00409. The lowest BCUT2D eigenvalue weighted by atomic mass is 9.89. The highest BCUT2D eigenvalue weighted by Crippen LogP contribution is 2.29. The highest BCUT2D eigenvalue weighted by Gasteiger charge is 2.39. The molecule has 3 rings (SSSR count). The van der Waals surface area contributed by atoms with Crippen molar-refractivity contribution in [2.75, 3.05) is 27.2 Å². The van der Waals surface area contributed by atoms with E-state index in [4.69, 9.17) is 5.41 Å². The van der Waals surface area contributed by atoms with Crippen LogP contribution < -0.4 is 5.32 Å². The monoisotopic (exact) mass is 437 g/mol. The van der Waals surface area contributed by atoms with Crippen molar-refractivity contribution in [2.24, 2.45) is 0 Å². The molecule has 2 N–H and O–H groups in total. The van der Waals surface area contributed by atoms with Gasteiger partial charge in [0.15, 0.2) is 0 Å². The molecule has 1 aliphatic carbocycles. The Hall–Kier alpha value is -2.93. The molecule has 7 nitrogen and oxygen atoms in total. The fraction of sp³-hybridized carbons (Fsp3) is 0.480. The molecule has 1 saturated carbocycles. The number of amides is 3. The smallest absolute Gasteiger partial charge is 0.326 e. The molecule has 2 fully saturated rings. The van der Waals surface area contributed by atoms with Crippen molar-refractivity contribution in [3.8, 4) is 0 Å². The van der Waals surface area contributed by atoms with Gasteiger partial charge in [0, 0.05) is 36.8 Å². The Balaban J connectivity index is 1.69. The summed E-state index contributed by atoms with van der Waals surface area (Å²) in [6, 6.07) is 9.74. The fourth-order valence-electron chi connectivity index (χ4n) is 4.39. The average molecular weight is 438 g/mol. The summed E-state index contributed by atoms with van der Waals surface area (Å²) in [6.45, 7) is 3.60. The molecular formula is C25H35N5O2. The molecule has 7 heteroatoms. The van der Waals surface area contributed by atoms with Crippen molar-refractivity contribution >= 4 is 17.8 Å². The maximum atomic E-state index is 13.4. The molecule has 0 aromatic heterocycles. The Morgan fingerprint density at radius 1 is 1.25 bits per heavy atom. The minimum atomic E-state index is -0.118. The summed E-state index contributed by atoms with van der Waals surface area (Å²) in [6.07, 6.45) is 8.67. The van der Waals surface area contributed by atoms with E-state index in [2.05, 4.69) is 5.32 Å². The normalized spacial score (nSPS) is 23.4. The summed E-state index contributed by atoms with van der Waals surface area (Å²) in [5, 5.41) is 11.8. The second kappa shape index (κ2) is 11.1. The van der Waals surface area contributed by atoms with Gasteiger partial charge in [-0.2, -0.15) is 0 Å². The summed E-state index contributed by atoms with van der Waals surface area (Å²) in [4.78, 5) is 31.2. The lowest BCUT2D eigenvalue weighted by Gasteiger charge is -2.44. The standard InChI is InChI=1S/C25H35N5O2/c1-4-20-18-29(17-19-10-6-5-7-11-19)25(32)30(24(20)26)22-13-8-12-21(16-22)27-23(31)14-9-15-28(2)3/h4-7,9-11,14,21-22,26H,8,12-13,15-18H2,1-3H3,(H,27,31)/b14-9+,20-4-,26-24?. The van der Waals surface area contributed by atoms with Crippen molar-refractivity contribution in [3.05, 3.63) is 59.7 Å². The van der Waals surface area contributed by atoms with Crippen LogP contribution in [0.5, 0.6) is 0 Å². The van der Waals surface area contributed by atoms with Crippen LogP contribution in [0.25, 0.3) is 0 Å². The van der Waals surface area contributed by atoms with Gasteiger partial charge in [0.05, 0.1) is 6.54 Å². The van der Waals surface area contributed by atoms with E-state index in [1.54, 1.807) is 11.0 Å². The van der Waals surface area contributed by atoms with E-state index >= 15 is 0 Å². The Morgan fingerprint density at radius 3 is 2.69 bits per heavy atom. The summed E-state index contributed by atoms with van der Waals surface area (Å²) >= 11 is 0. The lowest BCUT2D eigenvalue weighted by molar-refractivity contribution is -0.117. The molecule has 3 amide bonds. The Morgan fingerprint density at radius 2 is 2.00 bits per heavy atom. The number of allylic oxidation sites excluding steroid dienone is 1. The van der Waals surface area contributed by atoms with Crippen LogP contribution in [0.4, 0.5) is 4.79 Å². The van der Waals surface area contributed by atoms with Gasteiger partial charge in [0.1, 0.15) is 5.84 Å². The van der Waals surface area contributed by atoms with Gasteiger partial charge in [-0.3, -0.25) is 15.1 Å². The molecule has 1 heterocycles. The van der Waals surface area contributed by atoms with Crippen molar-refractivity contribution in [1.82, 2.24) is 20.0 Å². The van der Waals surface area contributed by atoms with Crippen molar-refractivity contribution in [2.45, 2.75) is 51.2 Å². The first-order valence-corrected chi connectivity index (χ1v) is 11.4. The molecule has 1 saturated heterocycles. The number of carbonyl (C=O) groups excluding carboxylic acids is 2. The number of nitrogens with zero attached hydrogens (tertiary/aromatic N) is 3. The van der Waals surface area contributed by atoms with E-state index < -0.39 is 0 Å². The molecular weight excluding hydrogens is 402 g/mol. The highest BCUT2D eigenvalue weighted by molar-refractivity contribution is 6.08. The second-order valence-electron chi connectivity index (χ2n) is 8.85. The molecule has 0 spiro atoms. The number of likely N-dealkylation sites (N-methyl/N-ethyl adjacent to an activating group) is 1. The molecule has 0 radical (unpaired) electrons. The third kappa shape index (κ3) is 6.07.